The molecule has 3 aromatic rings. The average molecular weight is 474 g/mol. The molecule has 1 aliphatic rings. The molecule has 1 fully saturated rings. The van der Waals surface area contributed by atoms with Crippen LogP contribution in [0.2, 0.25) is 0 Å². The Kier molecular flexibility index (Phi) is 5.82. The van der Waals surface area contributed by atoms with Gasteiger partial charge in [0.15, 0.2) is 11.5 Å². The number of aliphatic carboxylic acids is 1. The third-order valence-corrected chi connectivity index (χ3v) is 5.41. The van der Waals surface area contributed by atoms with Crippen molar-refractivity contribution >= 4 is 40.4 Å². The number of hydrogen-bond acceptors (Lipinski definition) is 6. The molecule has 0 bridgehead atoms. The molecule has 2 aromatic carbocycles. The Hall–Kier alpha value is -4.22. The quantitative estimate of drug-likeness (QED) is 0.511. The van der Waals surface area contributed by atoms with Gasteiger partial charge in [-0.15, -0.1) is 0 Å². The van der Waals surface area contributed by atoms with Gasteiger partial charge in [-0.25, -0.2) is 14.8 Å². The zero-order chi connectivity index (χ0) is 24.6. The first-order valence-electron chi connectivity index (χ1n) is 10.0. The Morgan fingerprint density at radius 2 is 1.71 bits per heavy atom. The van der Waals surface area contributed by atoms with E-state index < -0.39 is 35.3 Å². The summed E-state index contributed by atoms with van der Waals surface area (Å²) in [4.78, 5) is 44.7. The molecule has 0 saturated carbocycles. The molecule has 1 saturated heterocycles. The van der Waals surface area contributed by atoms with Crippen molar-refractivity contribution in [2.75, 3.05) is 18.4 Å². The maximum absolute atomic E-state index is 13.0. The molecule has 1 atom stereocenters. The molecule has 1 amide bonds. The molecular formula is C22H17F3N4O5. The summed E-state index contributed by atoms with van der Waals surface area (Å²) in [7, 11) is 0. The molecular weight excluding hydrogens is 457 g/mol. The fourth-order valence-corrected chi connectivity index (χ4v) is 3.63. The largest absolute Gasteiger partial charge is 0.481 e. The standard InChI is InChI=1S/C22H17F3N4O5/c23-22(24,25)13-3-6-15-16(9-13)28-18(17(27-15)21(33)34)26-14-4-1-11(2-5-14)19(30)29-8-7-12(10-29)20(31)32/h1-6,9,12H,7-8,10H2,(H,26,28)(H,31,32)(H,33,34). The number of benzene rings is 2. The van der Waals surface area contributed by atoms with Gasteiger partial charge in [-0.05, 0) is 48.9 Å². The molecule has 34 heavy (non-hydrogen) atoms. The van der Waals surface area contributed by atoms with Crippen molar-refractivity contribution in [2.45, 2.75) is 12.6 Å². The monoisotopic (exact) mass is 474 g/mol. The van der Waals surface area contributed by atoms with Gasteiger partial charge in [0.2, 0.25) is 0 Å². The van der Waals surface area contributed by atoms with Gasteiger partial charge in [-0.3, -0.25) is 9.59 Å². The predicted octanol–water partition coefficient (Wildman–Crippen LogP) is 3.64. The molecule has 12 heteroatoms. The molecule has 9 nitrogen and oxygen atoms in total. The van der Waals surface area contributed by atoms with Gasteiger partial charge in [0.25, 0.3) is 5.91 Å². The normalized spacial score (nSPS) is 16.0. The lowest BCUT2D eigenvalue weighted by molar-refractivity contribution is -0.141. The second-order valence-corrected chi connectivity index (χ2v) is 7.70. The van der Waals surface area contributed by atoms with Crippen molar-refractivity contribution in [1.82, 2.24) is 14.9 Å². The summed E-state index contributed by atoms with van der Waals surface area (Å²) < 4.78 is 39.1. The predicted molar refractivity (Wildman–Crippen MR) is 113 cm³/mol. The number of aromatic carboxylic acids is 1. The maximum atomic E-state index is 13.0. The van der Waals surface area contributed by atoms with E-state index in [-0.39, 0.29) is 29.3 Å². The summed E-state index contributed by atoms with van der Waals surface area (Å²) in [5.74, 6) is -3.59. The number of likely N-dealkylation sites (tertiary alicyclic amines) is 1. The summed E-state index contributed by atoms with van der Waals surface area (Å²) in [6.45, 7) is 0.438. The number of carboxylic acids is 2. The number of carbonyl (C=O) groups excluding carboxylic acids is 1. The molecule has 0 spiro atoms. The molecule has 1 aliphatic heterocycles. The Bertz CT molecular complexity index is 1290. The summed E-state index contributed by atoms with van der Waals surface area (Å²) in [5.41, 5.74) is -0.959. The highest BCUT2D eigenvalue weighted by atomic mass is 19.4. The number of rotatable bonds is 5. The van der Waals surface area contributed by atoms with Crippen molar-refractivity contribution in [1.29, 1.82) is 0 Å². The third kappa shape index (κ3) is 4.60. The molecule has 0 radical (unpaired) electrons. The molecule has 1 unspecified atom stereocenters. The Morgan fingerprint density at radius 1 is 1.00 bits per heavy atom. The number of carbonyl (C=O) groups is 3. The summed E-state index contributed by atoms with van der Waals surface area (Å²) in [6.07, 6.45) is -4.23. The van der Waals surface area contributed by atoms with Crippen LogP contribution < -0.4 is 5.32 Å². The van der Waals surface area contributed by atoms with Gasteiger partial charge < -0.3 is 20.4 Å². The summed E-state index contributed by atoms with van der Waals surface area (Å²) in [6, 6.07) is 8.51. The lowest BCUT2D eigenvalue weighted by Crippen LogP contribution is -2.29. The number of fused-ring (bicyclic) bond motifs is 1. The highest BCUT2D eigenvalue weighted by molar-refractivity contribution is 5.96. The number of hydrogen-bond donors (Lipinski definition) is 3. The molecule has 176 valence electrons. The Morgan fingerprint density at radius 3 is 2.29 bits per heavy atom. The van der Waals surface area contributed by atoms with E-state index in [1.165, 1.54) is 29.2 Å². The highest BCUT2D eigenvalue weighted by Crippen LogP contribution is 2.31. The van der Waals surface area contributed by atoms with Crippen LogP contribution in [0.3, 0.4) is 0 Å². The minimum atomic E-state index is -4.60. The van der Waals surface area contributed by atoms with Crippen LogP contribution in [0.4, 0.5) is 24.7 Å². The van der Waals surface area contributed by atoms with E-state index in [1.54, 1.807) is 0 Å². The van der Waals surface area contributed by atoms with Crippen molar-refractivity contribution in [3.8, 4) is 0 Å². The average Bonchev–Trinajstić information content (AvgIpc) is 3.28. The van der Waals surface area contributed by atoms with E-state index in [2.05, 4.69) is 15.3 Å². The number of aromatic nitrogens is 2. The fraction of sp³-hybridized carbons (Fsp3) is 0.227. The van der Waals surface area contributed by atoms with Crippen molar-refractivity contribution in [2.24, 2.45) is 5.92 Å². The van der Waals surface area contributed by atoms with Crippen LogP contribution in [0.15, 0.2) is 42.5 Å². The van der Waals surface area contributed by atoms with E-state index >= 15 is 0 Å². The van der Waals surface area contributed by atoms with Gasteiger partial charge in [-0.1, -0.05) is 0 Å². The topological polar surface area (TPSA) is 133 Å². The summed E-state index contributed by atoms with van der Waals surface area (Å²) in [5, 5.41) is 21.3. The molecule has 3 N–H and O–H groups in total. The van der Waals surface area contributed by atoms with Crippen LogP contribution in [0.25, 0.3) is 11.0 Å². The number of carboxylic acid groups (broad SMARTS) is 2. The first-order chi connectivity index (χ1) is 16.0. The minimum absolute atomic E-state index is 0.0119. The lowest BCUT2D eigenvalue weighted by Gasteiger charge is -2.16. The van der Waals surface area contributed by atoms with Gasteiger partial charge in [0.05, 0.1) is 22.5 Å². The van der Waals surface area contributed by atoms with E-state index in [1.807, 2.05) is 0 Å². The highest BCUT2D eigenvalue weighted by Gasteiger charge is 2.32. The van der Waals surface area contributed by atoms with Crippen LogP contribution in [-0.2, 0) is 11.0 Å². The molecule has 1 aromatic heterocycles. The maximum Gasteiger partial charge on any atom is 0.416 e. The summed E-state index contributed by atoms with van der Waals surface area (Å²) >= 11 is 0. The van der Waals surface area contributed by atoms with Crippen molar-refractivity contribution in [3.05, 3.63) is 59.3 Å². The first-order valence-corrected chi connectivity index (χ1v) is 10.0. The van der Waals surface area contributed by atoms with Crippen molar-refractivity contribution < 1.29 is 37.8 Å². The van der Waals surface area contributed by atoms with Crippen molar-refractivity contribution in [3.63, 3.8) is 0 Å². The SMILES string of the molecule is O=C(O)c1nc2ccc(C(F)(F)F)cc2nc1Nc1ccc(C(=O)N2CCC(C(=O)O)C2)cc1. The van der Waals surface area contributed by atoms with E-state index in [4.69, 9.17) is 5.11 Å². The van der Waals surface area contributed by atoms with E-state index in [0.717, 1.165) is 18.2 Å². The fourth-order valence-electron chi connectivity index (χ4n) is 3.63. The van der Waals surface area contributed by atoms with Crippen LogP contribution in [-0.4, -0.2) is 56.0 Å². The third-order valence-electron chi connectivity index (χ3n) is 5.41. The number of alkyl halides is 3. The van der Waals surface area contributed by atoms with Crippen LogP contribution in [0.1, 0.15) is 32.8 Å². The zero-order valence-corrected chi connectivity index (χ0v) is 17.3. The van der Waals surface area contributed by atoms with Crippen LogP contribution in [0, 0.1) is 5.92 Å². The number of nitrogens with zero attached hydrogens (tertiary/aromatic N) is 3. The zero-order valence-electron chi connectivity index (χ0n) is 17.3. The lowest BCUT2D eigenvalue weighted by atomic mass is 10.1. The van der Waals surface area contributed by atoms with Gasteiger partial charge in [-0.2, -0.15) is 13.2 Å². The second-order valence-electron chi connectivity index (χ2n) is 7.70. The molecule has 4 rings (SSSR count). The van der Waals surface area contributed by atoms with Gasteiger partial charge >= 0.3 is 18.1 Å². The van der Waals surface area contributed by atoms with Crippen LogP contribution >= 0.6 is 0 Å². The molecule has 2 heterocycles. The number of amides is 1. The van der Waals surface area contributed by atoms with E-state index in [0.29, 0.717) is 24.2 Å². The van der Waals surface area contributed by atoms with Gasteiger partial charge in [0.1, 0.15) is 0 Å². The number of halogens is 3. The Labute approximate surface area is 189 Å². The number of nitrogens with one attached hydrogen (secondary N) is 1. The molecule has 0 aliphatic carbocycles. The van der Waals surface area contributed by atoms with Gasteiger partial charge in [0, 0.05) is 24.3 Å². The minimum Gasteiger partial charge on any atom is -0.481 e. The smallest absolute Gasteiger partial charge is 0.416 e. The van der Waals surface area contributed by atoms with E-state index in [9.17, 15) is 32.7 Å². The first kappa shape index (κ1) is 23.0. The van der Waals surface area contributed by atoms with Crippen LogP contribution in [0.5, 0.6) is 0 Å². The Balaban J connectivity index is 1.59. The number of anilines is 2. The second kappa shape index (κ2) is 8.61.